The molecule has 100 valence electrons. The third-order valence-electron chi connectivity index (χ3n) is 3.66. The molecule has 0 amide bonds. The van der Waals surface area contributed by atoms with Crippen LogP contribution in [0, 0.1) is 6.92 Å². The molecule has 3 heteroatoms. The van der Waals surface area contributed by atoms with Crippen molar-refractivity contribution in [3.63, 3.8) is 0 Å². The molecule has 0 spiro atoms. The van der Waals surface area contributed by atoms with Crippen LogP contribution in [0.3, 0.4) is 0 Å². The second-order valence-corrected chi connectivity index (χ2v) is 5.27. The molecule has 1 aliphatic heterocycles. The van der Waals surface area contributed by atoms with Crippen molar-refractivity contribution in [3.8, 4) is 5.75 Å². The Hall–Kier alpha value is -1.06. The van der Waals surface area contributed by atoms with Crippen molar-refractivity contribution in [3.05, 3.63) is 29.3 Å². The van der Waals surface area contributed by atoms with Crippen LogP contribution in [-0.4, -0.2) is 44.7 Å². The van der Waals surface area contributed by atoms with E-state index >= 15 is 0 Å². The Kier molecular flexibility index (Phi) is 4.61. The number of hydrogen-bond donors (Lipinski definition) is 1. The first-order valence-electron chi connectivity index (χ1n) is 6.74. The predicted octanol–water partition coefficient (Wildman–Crippen LogP) is 1.84. The third kappa shape index (κ3) is 3.47. The van der Waals surface area contributed by atoms with Gasteiger partial charge < -0.3 is 15.0 Å². The van der Waals surface area contributed by atoms with E-state index in [2.05, 4.69) is 42.4 Å². The van der Waals surface area contributed by atoms with Gasteiger partial charge in [-0.05, 0) is 38.4 Å². The lowest BCUT2D eigenvalue weighted by Gasteiger charge is -2.31. The van der Waals surface area contributed by atoms with Crippen molar-refractivity contribution in [1.82, 2.24) is 10.2 Å². The van der Waals surface area contributed by atoms with Gasteiger partial charge in [-0.15, -0.1) is 0 Å². The van der Waals surface area contributed by atoms with E-state index < -0.39 is 0 Å². The molecule has 3 nitrogen and oxygen atoms in total. The Balaban J connectivity index is 1.94. The number of benzene rings is 1. The smallest absolute Gasteiger partial charge is 0.122 e. The first-order chi connectivity index (χ1) is 8.69. The molecule has 1 fully saturated rings. The summed E-state index contributed by atoms with van der Waals surface area (Å²) in [6.45, 7) is 5.54. The van der Waals surface area contributed by atoms with Crippen LogP contribution in [0.15, 0.2) is 18.2 Å². The van der Waals surface area contributed by atoms with Crippen molar-refractivity contribution in [1.29, 1.82) is 0 Å². The molecule has 0 aliphatic carbocycles. The maximum Gasteiger partial charge on any atom is 0.122 e. The largest absolute Gasteiger partial charge is 0.496 e. The summed E-state index contributed by atoms with van der Waals surface area (Å²) in [7, 11) is 3.95. The minimum atomic E-state index is 0.606. The van der Waals surface area contributed by atoms with E-state index in [0.717, 1.165) is 31.8 Å². The summed E-state index contributed by atoms with van der Waals surface area (Å²) in [5, 5.41) is 3.59. The summed E-state index contributed by atoms with van der Waals surface area (Å²) in [6, 6.07) is 7.03. The molecule has 1 N–H and O–H groups in total. The Morgan fingerprint density at radius 3 is 3.00 bits per heavy atom. The molecule has 1 aliphatic rings. The molecule has 1 saturated heterocycles. The van der Waals surface area contributed by atoms with E-state index in [4.69, 9.17) is 4.74 Å². The Morgan fingerprint density at radius 2 is 2.28 bits per heavy atom. The lowest BCUT2D eigenvalue weighted by atomic mass is 10.0. The molecule has 1 atom stereocenters. The lowest BCUT2D eigenvalue weighted by Crippen LogP contribution is -2.49. The van der Waals surface area contributed by atoms with Gasteiger partial charge in [0, 0.05) is 25.7 Å². The number of aryl methyl sites for hydroxylation is 2. The second kappa shape index (κ2) is 6.21. The van der Waals surface area contributed by atoms with Crippen LogP contribution in [0.1, 0.15) is 17.5 Å². The zero-order valence-corrected chi connectivity index (χ0v) is 11.7. The number of nitrogens with one attached hydrogen (secondary N) is 1. The van der Waals surface area contributed by atoms with E-state index in [1.54, 1.807) is 7.11 Å². The van der Waals surface area contributed by atoms with Crippen LogP contribution >= 0.6 is 0 Å². The zero-order valence-electron chi connectivity index (χ0n) is 11.7. The highest BCUT2D eigenvalue weighted by molar-refractivity contribution is 5.37. The van der Waals surface area contributed by atoms with E-state index in [1.165, 1.54) is 17.5 Å². The van der Waals surface area contributed by atoms with E-state index in [1.807, 2.05) is 0 Å². The Morgan fingerprint density at radius 1 is 1.44 bits per heavy atom. The Labute approximate surface area is 110 Å². The van der Waals surface area contributed by atoms with Crippen LogP contribution in [0.5, 0.6) is 5.75 Å². The fourth-order valence-electron chi connectivity index (χ4n) is 2.62. The fraction of sp³-hybridized carbons (Fsp3) is 0.600. The monoisotopic (exact) mass is 248 g/mol. The average Bonchev–Trinajstić information content (AvgIpc) is 2.37. The summed E-state index contributed by atoms with van der Waals surface area (Å²) in [4.78, 5) is 2.40. The van der Waals surface area contributed by atoms with E-state index in [0.29, 0.717) is 6.04 Å². The molecule has 1 unspecified atom stereocenters. The van der Waals surface area contributed by atoms with E-state index in [-0.39, 0.29) is 0 Å². The minimum Gasteiger partial charge on any atom is -0.496 e. The molecule has 1 heterocycles. The SMILES string of the molecule is COc1ccc(C)cc1CCC1CN(C)CCN1. The molecule has 0 bridgehead atoms. The molecule has 0 saturated carbocycles. The zero-order chi connectivity index (χ0) is 13.0. The normalized spacial score (nSPS) is 20.9. The molecular formula is C15H24N2O. The van der Waals surface area contributed by atoms with Gasteiger partial charge in [-0.3, -0.25) is 0 Å². The van der Waals surface area contributed by atoms with Crippen LogP contribution < -0.4 is 10.1 Å². The highest BCUT2D eigenvalue weighted by atomic mass is 16.5. The van der Waals surface area contributed by atoms with Gasteiger partial charge in [0.25, 0.3) is 0 Å². The first-order valence-corrected chi connectivity index (χ1v) is 6.74. The number of piperazine rings is 1. The van der Waals surface area contributed by atoms with Crippen molar-refractivity contribution in [2.45, 2.75) is 25.8 Å². The molecular weight excluding hydrogens is 224 g/mol. The van der Waals surface area contributed by atoms with Crippen LogP contribution in [0.25, 0.3) is 0 Å². The van der Waals surface area contributed by atoms with Crippen LogP contribution in [-0.2, 0) is 6.42 Å². The van der Waals surface area contributed by atoms with Gasteiger partial charge in [0.2, 0.25) is 0 Å². The van der Waals surface area contributed by atoms with Crippen LogP contribution in [0.4, 0.5) is 0 Å². The summed E-state index contributed by atoms with van der Waals surface area (Å²) in [5.74, 6) is 1.02. The Bertz CT molecular complexity index is 392. The van der Waals surface area contributed by atoms with Gasteiger partial charge in [-0.1, -0.05) is 17.7 Å². The summed E-state index contributed by atoms with van der Waals surface area (Å²) < 4.78 is 5.43. The number of ether oxygens (including phenoxy) is 1. The van der Waals surface area contributed by atoms with Gasteiger partial charge >= 0.3 is 0 Å². The molecule has 0 aromatic heterocycles. The number of methoxy groups -OCH3 is 1. The molecule has 1 aromatic carbocycles. The lowest BCUT2D eigenvalue weighted by molar-refractivity contribution is 0.232. The first kappa shape index (κ1) is 13.4. The van der Waals surface area contributed by atoms with Gasteiger partial charge in [-0.25, -0.2) is 0 Å². The average molecular weight is 248 g/mol. The molecule has 2 rings (SSSR count). The molecule has 0 radical (unpaired) electrons. The second-order valence-electron chi connectivity index (χ2n) is 5.27. The standard InChI is InChI=1S/C15H24N2O/c1-12-4-7-15(18-3)13(10-12)5-6-14-11-17(2)9-8-16-14/h4,7,10,14,16H,5-6,8-9,11H2,1-3H3. The maximum atomic E-state index is 5.43. The van der Waals surface area contributed by atoms with Crippen molar-refractivity contribution < 1.29 is 4.74 Å². The van der Waals surface area contributed by atoms with Gasteiger partial charge in [0.05, 0.1) is 7.11 Å². The number of hydrogen-bond acceptors (Lipinski definition) is 3. The summed E-state index contributed by atoms with van der Waals surface area (Å²) >= 11 is 0. The highest BCUT2D eigenvalue weighted by Crippen LogP contribution is 2.21. The van der Waals surface area contributed by atoms with Crippen molar-refractivity contribution >= 4 is 0 Å². The predicted molar refractivity (Wildman–Crippen MR) is 75.3 cm³/mol. The van der Waals surface area contributed by atoms with Gasteiger partial charge in [-0.2, -0.15) is 0 Å². The summed E-state index contributed by atoms with van der Waals surface area (Å²) in [6.07, 6.45) is 2.25. The molecule has 1 aromatic rings. The quantitative estimate of drug-likeness (QED) is 0.880. The fourth-order valence-corrected chi connectivity index (χ4v) is 2.62. The van der Waals surface area contributed by atoms with Gasteiger partial charge in [0.15, 0.2) is 0 Å². The highest BCUT2D eigenvalue weighted by Gasteiger charge is 2.16. The maximum absolute atomic E-state index is 5.43. The number of nitrogens with zero attached hydrogens (tertiary/aromatic N) is 1. The van der Waals surface area contributed by atoms with E-state index in [9.17, 15) is 0 Å². The van der Waals surface area contributed by atoms with Gasteiger partial charge in [0.1, 0.15) is 5.75 Å². The number of likely N-dealkylation sites (N-methyl/N-ethyl adjacent to an activating group) is 1. The van der Waals surface area contributed by atoms with Crippen molar-refractivity contribution in [2.24, 2.45) is 0 Å². The number of rotatable bonds is 4. The minimum absolute atomic E-state index is 0.606. The topological polar surface area (TPSA) is 24.5 Å². The third-order valence-corrected chi connectivity index (χ3v) is 3.66. The summed E-state index contributed by atoms with van der Waals surface area (Å²) in [5.41, 5.74) is 2.63. The van der Waals surface area contributed by atoms with Crippen molar-refractivity contribution in [2.75, 3.05) is 33.8 Å². The molecule has 18 heavy (non-hydrogen) atoms. The van der Waals surface area contributed by atoms with Crippen LogP contribution in [0.2, 0.25) is 0 Å².